The van der Waals surface area contributed by atoms with Gasteiger partial charge in [0.05, 0.1) is 11.9 Å². The average Bonchev–Trinajstić information content (AvgIpc) is 2.97. The van der Waals surface area contributed by atoms with E-state index in [-0.39, 0.29) is 5.91 Å². The molecule has 6 nitrogen and oxygen atoms in total. The van der Waals surface area contributed by atoms with Gasteiger partial charge in [-0.25, -0.2) is 4.98 Å². The Labute approximate surface area is 139 Å². The fraction of sp³-hybridized carbons (Fsp3) is 0.167. The first-order chi connectivity index (χ1) is 11.5. The summed E-state index contributed by atoms with van der Waals surface area (Å²) in [4.78, 5) is 16.3. The molecule has 2 heterocycles. The summed E-state index contributed by atoms with van der Waals surface area (Å²) in [6.45, 7) is 5.89. The number of anilines is 3. The third kappa shape index (κ3) is 3.43. The minimum atomic E-state index is -0.332. The van der Waals surface area contributed by atoms with Gasteiger partial charge in [-0.2, -0.15) is 0 Å². The summed E-state index contributed by atoms with van der Waals surface area (Å²) in [7, 11) is 0. The predicted octanol–water partition coefficient (Wildman–Crippen LogP) is 3.99. The molecule has 2 aromatic heterocycles. The van der Waals surface area contributed by atoms with Crippen LogP contribution in [-0.4, -0.2) is 16.0 Å². The molecule has 24 heavy (non-hydrogen) atoms. The number of rotatable bonds is 4. The van der Waals surface area contributed by atoms with E-state index < -0.39 is 0 Å². The van der Waals surface area contributed by atoms with Gasteiger partial charge in [-0.1, -0.05) is 17.3 Å². The molecule has 0 saturated heterocycles. The van der Waals surface area contributed by atoms with Crippen molar-refractivity contribution >= 4 is 23.1 Å². The standard InChI is InChI=1S/C18H18N4O2/c1-11-5-4-6-15(13(11)3)20-14-7-8-16(19-10-14)18(23)21-17-9-12(2)24-22-17/h4-10,20H,1-3H3,(H,21,22,23). The Hall–Kier alpha value is -3.15. The first-order valence-electron chi connectivity index (χ1n) is 7.57. The van der Waals surface area contributed by atoms with E-state index in [1.165, 1.54) is 11.1 Å². The highest BCUT2D eigenvalue weighted by molar-refractivity contribution is 6.02. The normalized spacial score (nSPS) is 10.5. The Morgan fingerprint density at radius 1 is 1.12 bits per heavy atom. The molecule has 0 radical (unpaired) electrons. The summed E-state index contributed by atoms with van der Waals surface area (Å²) in [5, 5.41) is 9.67. The number of hydrogen-bond acceptors (Lipinski definition) is 5. The van der Waals surface area contributed by atoms with Crippen molar-refractivity contribution in [1.29, 1.82) is 0 Å². The lowest BCUT2D eigenvalue weighted by molar-refractivity contribution is 0.102. The molecule has 1 aromatic carbocycles. The minimum absolute atomic E-state index is 0.308. The molecule has 122 valence electrons. The number of nitrogens with one attached hydrogen (secondary N) is 2. The number of pyridine rings is 1. The second-order valence-electron chi connectivity index (χ2n) is 5.58. The van der Waals surface area contributed by atoms with Crippen molar-refractivity contribution in [3.63, 3.8) is 0 Å². The largest absolute Gasteiger partial charge is 0.360 e. The molecule has 6 heteroatoms. The highest BCUT2D eigenvalue weighted by atomic mass is 16.5. The van der Waals surface area contributed by atoms with Gasteiger partial charge < -0.3 is 15.2 Å². The molecule has 0 aliphatic rings. The molecule has 0 unspecified atom stereocenters. The number of hydrogen-bond donors (Lipinski definition) is 2. The molecule has 1 amide bonds. The molecule has 3 aromatic rings. The number of carbonyl (C=O) groups excluding carboxylic acids is 1. The van der Waals surface area contributed by atoms with Crippen molar-refractivity contribution in [2.75, 3.05) is 10.6 Å². The van der Waals surface area contributed by atoms with E-state index in [4.69, 9.17) is 4.52 Å². The van der Waals surface area contributed by atoms with Gasteiger partial charge in [0.25, 0.3) is 5.91 Å². The zero-order valence-electron chi connectivity index (χ0n) is 13.8. The molecule has 0 aliphatic carbocycles. The summed E-state index contributed by atoms with van der Waals surface area (Å²) < 4.78 is 4.91. The monoisotopic (exact) mass is 322 g/mol. The number of aryl methyl sites for hydroxylation is 2. The van der Waals surface area contributed by atoms with Crippen LogP contribution in [0.2, 0.25) is 0 Å². The number of nitrogens with zero attached hydrogens (tertiary/aromatic N) is 2. The smallest absolute Gasteiger partial charge is 0.275 e. The fourth-order valence-corrected chi connectivity index (χ4v) is 2.25. The van der Waals surface area contributed by atoms with Crippen LogP contribution in [0.5, 0.6) is 0 Å². The van der Waals surface area contributed by atoms with Gasteiger partial charge >= 0.3 is 0 Å². The van der Waals surface area contributed by atoms with Crippen molar-refractivity contribution in [3.8, 4) is 0 Å². The van der Waals surface area contributed by atoms with E-state index in [1.807, 2.05) is 18.2 Å². The minimum Gasteiger partial charge on any atom is -0.360 e. The van der Waals surface area contributed by atoms with E-state index in [0.717, 1.165) is 11.4 Å². The Morgan fingerprint density at radius 2 is 1.96 bits per heavy atom. The lowest BCUT2D eigenvalue weighted by Crippen LogP contribution is -2.13. The third-order valence-corrected chi connectivity index (χ3v) is 3.75. The molecule has 3 rings (SSSR count). The van der Waals surface area contributed by atoms with Gasteiger partial charge in [0.2, 0.25) is 0 Å². The topological polar surface area (TPSA) is 80.0 Å². The molecule has 2 N–H and O–H groups in total. The van der Waals surface area contributed by atoms with Crippen LogP contribution in [0.15, 0.2) is 47.1 Å². The number of aromatic nitrogens is 2. The second kappa shape index (κ2) is 6.54. The van der Waals surface area contributed by atoms with Crippen LogP contribution in [0.25, 0.3) is 0 Å². The zero-order chi connectivity index (χ0) is 17.1. The molecule has 0 saturated carbocycles. The molecule has 0 bridgehead atoms. The second-order valence-corrected chi connectivity index (χ2v) is 5.58. The summed E-state index contributed by atoms with van der Waals surface area (Å²) >= 11 is 0. The molecule has 0 fully saturated rings. The summed E-state index contributed by atoms with van der Waals surface area (Å²) in [5.74, 6) is 0.671. The van der Waals surface area contributed by atoms with Crippen LogP contribution in [0.3, 0.4) is 0 Å². The van der Waals surface area contributed by atoms with Crippen LogP contribution >= 0.6 is 0 Å². The highest BCUT2D eigenvalue weighted by Crippen LogP contribution is 2.22. The Morgan fingerprint density at radius 3 is 2.62 bits per heavy atom. The van der Waals surface area contributed by atoms with Crippen molar-refractivity contribution < 1.29 is 9.32 Å². The lowest BCUT2D eigenvalue weighted by atomic mass is 10.1. The number of carbonyl (C=O) groups is 1. The van der Waals surface area contributed by atoms with Crippen LogP contribution in [0.4, 0.5) is 17.2 Å². The maximum absolute atomic E-state index is 12.1. The Kier molecular flexibility index (Phi) is 4.29. The van der Waals surface area contributed by atoms with Crippen LogP contribution in [-0.2, 0) is 0 Å². The van der Waals surface area contributed by atoms with Gasteiger partial charge in [0.1, 0.15) is 11.5 Å². The summed E-state index contributed by atoms with van der Waals surface area (Å²) in [6, 6.07) is 11.2. The van der Waals surface area contributed by atoms with E-state index in [9.17, 15) is 4.79 Å². The molecular weight excluding hydrogens is 304 g/mol. The Balaban J connectivity index is 1.71. The van der Waals surface area contributed by atoms with Crippen LogP contribution in [0, 0.1) is 20.8 Å². The zero-order valence-corrected chi connectivity index (χ0v) is 13.8. The first-order valence-corrected chi connectivity index (χ1v) is 7.57. The van der Waals surface area contributed by atoms with Gasteiger partial charge in [-0.3, -0.25) is 4.79 Å². The lowest BCUT2D eigenvalue weighted by Gasteiger charge is -2.11. The van der Waals surface area contributed by atoms with E-state index >= 15 is 0 Å². The van der Waals surface area contributed by atoms with Crippen molar-refractivity contribution in [1.82, 2.24) is 10.1 Å². The summed E-state index contributed by atoms with van der Waals surface area (Å²) in [5.41, 5.74) is 4.54. The van der Waals surface area contributed by atoms with E-state index in [0.29, 0.717) is 17.3 Å². The Bertz CT molecular complexity index is 869. The molecule has 0 aliphatic heterocycles. The average molecular weight is 322 g/mol. The maximum Gasteiger partial charge on any atom is 0.275 e. The molecule has 0 spiro atoms. The van der Waals surface area contributed by atoms with E-state index in [1.54, 1.807) is 25.3 Å². The molecular formula is C18H18N4O2. The van der Waals surface area contributed by atoms with Gasteiger partial charge in [-0.05, 0) is 50.1 Å². The fourth-order valence-electron chi connectivity index (χ4n) is 2.25. The highest BCUT2D eigenvalue weighted by Gasteiger charge is 2.10. The van der Waals surface area contributed by atoms with Crippen LogP contribution < -0.4 is 10.6 Å². The predicted molar refractivity (Wildman–Crippen MR) is 92.6 cm³/mol. The van der Waals surface area contributed by atoms with Crippen molar-refractivity contribution in [3.05, 3.63) is 65.2 Å². The quantitative estimate of drug-likeness (QED) is 0.759. The van der Waals surface area contributed by atoms with Gasteiger partial charge in [0, 0.05) is 11.8 Å². The first kappa shape index (κ1) is 15.7. The number of amides is 1. The van der Waals surface area contributed by atoms with Crippen molar-refractivity contribution in [2.24, 2.45) is 0 Å². The van der Waals surface area contributed by atoms with Gasteiger partial charge in [-0.15, -0.1) is 0 Å². The van der Waals surface area contributed by atoms with E-state index in [2.05, 4.69) is 40.7 Å². The SMILES string of the molecule is Cc1cc(NC(=O)c2ccc(Nc3cccc(C)c3C)cn2)no1. The molecule has 0 atom stereocenters. The maximum atomic E-state index is 12.1. The van der Waals surface area contributed by atoms with Gasteiger partial charge in [0.15, 0.2) is 5.82 Å². The number of benzene rings is 1. The van der Waals surface area contributed by atoms with Crippen LogP contribution in [0.1, 0.15) is 27.4 Å². The third-order valence-electron chi connectivity index (χ3n) is 3.75. The summed E-state index contributed by atoms with van der Waals surface area (Å²) in [6.07, 6.45) is 1.63. The van der Waals surface area contributed by atoms with Crippen molar-refractivity contribution in [2.45, 2.75) is 20.8 Å².